The number of H-pyrrole nitrogens is 1. The summed E-state index contributed by atoms with van der Waals surface area (Å²) < 4.78 is 0. The van der Waals surface area contributed by atoms with Crippen LogP contribution in [0.2, 0.25) is 0 Å². The van der Waals surface area contributed by atoms with Gasteiger partial charge in [-0.3, -0.25) is 4.79 Å². The number of fused-ring (bicyclic) bond motifs is 1. The summed E-state index contributed by atoms with van der Waals surface area (Å²) in [5.74, 6) is 0.0911. The van der Waals surface area contributed by atoms with Crippen molar-refractivity contribution >= 4 is 22.6 Å². The van der Waals surface area contributed by atoms with Gasteiger partial charge in [0.1, 0.15) is 5.75 Å². The highest BCUT2D eigenvalue weighted by Gasteiger charge is 2.05. The lowest BCUT2D eigenvalue weighted by molar-refractivity contribution is -0.115. The minimum absolute atomic E-state index is 0.102. The van der Waals surface area contributed by atoms with Crippen molar-refractivity contribution in [2.45, 2.75) is 6.42 Å². The molecule has 3 rings (SSSR count). The van der Waals surface area contributed by atoms with Crippen molar-refractivity contribution in [3.8, 4) is 5.75 Å². The molecule has 100 valence electrons. The second-order valence-corrected chi connectivity index (χ2v) is 4.53. The largest absolute Gasteiger partial charge is 0.508 e. The van der Waals surface area contributed by atoms with Gasteiger partial charge in [-0.1, -0.05) is 12.1 Å². The van der Waals surface area contributed by atoms with Crippen LogP contribution < -0.4 is 5.32 Å². The van der Waals surface area contributed by atoms with Crippen LogP contribution in [0.4, 0.5) is 5.69 Å². The third kappa shape index (κ3) is 2.61. The molecule has 0 fully saturated rings. The highest BCUT2D eigenvalue weighted by molar-refractivity contribution is 5.94. The summed E-state index contributed by atoms with van der Waals surface area (Å²) in [5.41, 5.74) is 3.32. The van der Waals surface area contributed by atoms with Crippen LogP contribution in [0.25, 0.3) is 11.0 Å². The third-order valence-electron chi connectivity index (χ3n) is 3.01. The van der Waals surface area contributed by atoms with E-state index in [0.717, 1.165) is 22.3 Å². The lowest BCUT2D eigenvalue weighted by atomic mass is 10.1. The fraction of sp³-hybridized carbons (Fsp3) is 0.0667. The van der Waals surface area contributed by atoms with E-state index in [1.54, 1.807) is 30.6 Å². The molecule has 0 spiro atoms. The summed E-state index contributed by atoms with van der Waals surface area (Å²) in [6, 6.07) is 12.1. The smallest absolute Gasteiger partial charge is 0.228 e. The number of nitrogens with zero attached hydrogens (tertiary/aromatic N) is 1. The molecule has 1 aromatic heterocycles. The highest BCUT2D eigenvalue weighted by Crippen LogP contribution is 2.16. The number of aromatic amines is 1. The molecule has 3 aromatic rings. The molecule has 0 aliphatic carbocycles. The van der Waals surface area contributed by atoms with E-state index in [2.05, 4.69) is 15.3 Å². The molecule has 0 bridgehead atoms. The van der Waals surface area contributed by atoms with Crippen LogP contribution in [0, 0.1) is 0 Å². The molecule has 3 N–H and O–H groups in total. The standard InChI is InChI=1S/C15H13N3O2/c19-12-4-1-10(2-5-12)7-15(20)18-11-3-6-13-14(8-11)17-9-16-13/h1-6,8-9,19H,7H2,(H,16,17)(H,18,20). The Morgan fingerprint density at radius 2 is 2.00 bits per heavy atom. The molecular formula is C15H13N3O2. The number of rotatable bonds is 3. The number of carbonyl (C=O) groups excluding carboxylic acids is 1. The molecule has 2 aromatic carbocycles. The predicted molar refractivity (Wildman–Crippen MR) is 76.5 cm³/mol. The van der Waals surface area contributed by atoms with Gasteiger partial charge in [0.15, 0.2) is 0 Å². The van der Waals surface area contributed by atoms with Gasteiger partial charge in [0, 0.05) is 5.69 Å². The Morgan fingerprint density at radius 3 is 2.80 bits per heavy atom. The van der Waals surface area contributed by atoms with Crippen molar-refractivity contribution in [1.82, 2.24) is 9.97 Å². The summed E-state index contributed by atoms with van der Waals surface area (Å²) in [4.78, 5) is 19.1. The third-order valence-corrected chi connectivity index (χ3v) is 3.01. The zero-order chi connectivity index (χ0) is 13.9. The number of aromatic nitrogens is 2. The molecule has 0 atom stereocenters. The van der Waals surface area contributed by atoms with E-state index in [-0.39, 0.29) is 18.1 Å². The van der Waals surface area contributed by atoms with E-state index in [0.29, 0.717) is 0 Å². The van der Waals surface area contributed by atoms with E-state index < -0.39 is 0 Å². The molecule has 0 saturated carbocycles. The topological polar surface area (TPSA) is 78.0 Å². The second-order valence-electron chi connectivity index (χ2n) is 4.53. The summed E-state index contributed by atoms with van der Waals surface area (Å²) in [7, 11) is 0. The summed E-state index contributed by atoms with van der Waals surface area (Å²) in [5, 5.41) is 12.0. The first kappa shape index (κ1) is 12.2. The molecule has 0 unspecified atom stereocenters. The second kappa shape index (κ2) is 5.05. The Kier molecular flexibility index (Phi) is 3.09. The Labute approximate surface area is 115 Å². The van der Waals surface area contributed by atoms with Gasteiger partial charge in [-0.05, 0) is 35.9 Å². The van der Waals surface area contributed by atoms with Crippen LogP contribution in [0.1, 0.15) is 5.56 Å². The number of carbonyl (C=O) groups is 1. The van der Waals surface area contributed by atoms with E-state index in [4.69, 9.17) is 0 Å². The van der Waals surface area contributed by atoms with E-state index in [9.17, 15) is 9.90 Å². The zero-order valence-corrected chi connectivity index (χ0v) is 10.6. The zero-order valence-electron chi connectivity index (χ0n) is 10.6. The number of hydrogen-bond acceptors (Lipinski definition) is 3. The number of nitrogens with one attached hydrogen (secondary N) is 2. The SMILES string of the molecule is O=C(Cc1ccc(O)cc1)Nc1ccc2nc[nH]c2c1. The minimum Gasteiger partial charge on any atom is -0.508 e. The fourth-order valence-electron chi connectivity index (χ4n) is 2.02. The van der Waals surface area contributed by atoms with Gasteiger partial charge in [-0.15, -0.1) is 0 Å². The molecule has 0 aliphatic heterocycles. The molecule has 1 amide bonds. The number of benzene rings is 2. The lowest BCUT2D eigenvalue weighted by Gasteiger charge is -2.05. The van der Waals surface area contributed by atoms with Crippen LogP contribution in [0.5, 0.6) is 5.75 Å². The van der Waals surface area contributed by atoms with Crippen molar-refractivity contribution in [3.63, 3.8) is 0 Å². The minimum atomic E-state index is -0.102. The number of aromatic hydroxyl groups is 1. The van der Waals surface area contributed by atoms with Crippen molar-refractivity contribution < 1.29 is 9.90 Å². The Balaban J connectivity index is 1.70. The first-order valence-electron chi connectivity index (χ1n) is 6.21. The highest BCUT2D eigenvalue weighted by atomic mass is 16.3. The number of anilines is 1. The number of hydrogen-bond donors (Lipinski definition) is 3. The van der Waals surface area contributed by atoms with Gasteiger partial charge in [0.05, 0.1) is 23.8 Å². The average molecular weight is 267 g/mol. The monoisotopic (exact) mass is 267 g/mol. The molecular weight excluding hydrogens is 254 g/mol. The van der Waals surface area contributed by atoms with Crippen LogP contribution in [-0.4, -0.2) is 21.0 Å². The molecule has 0 saturated heterocycles. The van der Waals surface area contributed by atoms with Gasteiger partial charge >= 0.3 is 0 Å². The van der Waals surface area contributed by atoms with E-state index >= 15 is 0 Å². The quantitative estimate of drug-likeness (QED) is 0.682. The van der Waals surface area contributed by atoms with Crippen LogP contribution in [0.3, 0.4) is 0 Å². The maximum atomic E-state index is 11.9. The van der Waals surface area contributed by atoms with Gasteiger partial charge < -0.3 is 15.4 Å². The normalized spacial score (nSPS) is 10.6. The molecule has 5 nitrogen and oxygen atoms in total. The molecule has 5 heteroatoms. The summed E-state index contributed by atoms with van der Waals surface area (Å²) >= 11 is 0. The van der Waals surface area contributed by atoms with Crippen molar-refractivity contribution in [1.29, 1.82) is 0 Å². The van der Waals surface area contributed by atoms with Crippen molar-refractivity contribution in [2.75, 3.05) is 5.32 Å². The number of imidazole rings is 1. The Morgan fingerprint density at radius 1 is 1.20 bits per heavy atom. The Bertz CT molecular complexity index is 747. The molecule has 20 heavy (non-hydrogen) atoms. The molecule has 1 heterocycles. The van der Waals surface area contributed by atoms with Gasteiger partial charge in [-0.25, -0.2) is 4.98 Å². The number of phenolic OH excluding ortho intramolecular Hbond substituents is 1. The Hall–Kier alpha value is -2.82. The maximum absolute atomic E-state index is 11.9. The summed E-state index contributed by atoms with van der Waals surface area (Å²) in [6.07, 6.45) is 1.88. The predicted octanol–water partition coefficient (Wildman–Crippen LogP) is 2.45. The number of phenols is 1. The van der Waals surface area contributed by atoms with Crippen LogP contribution in [0.15, 0.2) is 48.8 Å². The fourth-order valence-corrected chi connectivity index (χ4v) is 2.02. The van der Waals surface area contributed by atoms with Gasteiger partial charge in [-0.2, -0.15) is 0 Å². The van der Waals surface area contributed by atoms with E-state index in [1.165, 1.54) is 0 Å². The van der Waals surface area contributed by atoms with E-state index in [1.807, 2.05) is 18.2 Å². The van der Waals surface area contributed by atoms with Crippen molar-refractivity contribution in [3.05, 3.63) is 54.4 Å². The van der Waals surface area contributed by atoms with Crippen LogP contribution >= 0.6 is 0 Å². The summed E-state index contributed by atoms with van der Waals surface area (Å²) in [6.45, 7) is 0. The van der Waals surface area contributed by atoms with Gasteiger partial charge in [0.25, 0.3) is 0 Å². The average Bonchev–Trinajstić information content (AvgIpc) is 2.89. The first-order chi connectivity index (χ1) is 9.70. The van der Waals surface area contributed by atoms with Gasteiger partial charge in [0.2, 0.25) is 5.91 Å². The van der Waals surface area contributed by atoms with Crippen LogP contribution in [-0.2, 0) is 11.2 Å². The lowest BCUT2D eigenvalue weighted by Crippen LogP contribution is -2.14. The number of amides is 1. The molecule has 0 radical (unpaired) electrons. The van der Waals surface area contributed by atoms with Crippen molar-refractivity contribution in [2.24, 2.45) is 0 Å². The first-order valence-corrected chi connectivity index (χ1v) is 6.21. The maximum Gasteiger partial charge on any atom is 0.228 e. The molecule has 0 aliphatic rings.